The molecular weight excluding hydrogens is 504 g/mol. The summed E-state index contributed by atoms with van der Waals surface area (Å²) in [6.45, 7) is 6.99. The zero-order valence-corrected chi connectivity index (χ0v) is 17.6. The van der Waals surface area contributed by atoms with Crippen LogP contribution in [0, 0.1) is 19.9 Å². The van der Waals surface area contributed by atoms with Gasteiger partial charge in [-0.1, -0.05) is 30.7 Å². The van der Waals surface area contributed by atoms with Crippen LogP contribution in [0.5, 0.6) is 0 Å². The zero-order chi connectivity index (χ0) is 18.4. The molecule has 0 spiro atoms. The molecule has 0 aliphatic heterocycles. The Bertz CT molecular complexity index is 915. The van der Waals surface area contributed by atoms with Crippen molar-refractivity contribution in [3.8, 4) is 11.3 Å². The van der Waals surface area contributed by atoms with Crippen LogP contribution >= 0.6 is 0 Å². The van der Waals surface area contributed by atoms with Crippen LogP contribution in [-0.2, 0) is 24.9 Å². The fraction of sp³-hybridized carbons (Fsp3) is 0.190. The van der Waals surface area contributed by atoms with E-state index in [-0.39, 0.29) is 31.6 Å². The number of aliphatic hydroxyl groups excluding tert-OH is 1. The number of carbonyl (C=O) groups excluding carboxylic acids is 1. The summed E-state index contributed by atoms with van der Waals surface area (Å²) in [5, 5.41) is 18.9. The molecule has 5 heteroatoms. The smallest absolute Gasteiger partial charge is 0.155 e. The van der Waals surface area contributed by atoms with Gasteiger partial charge in [-0.3, -0.25) is 4.79 Å². The van der Waals surface area contributed by atoms with Crippen molar-refractivity contribution in [1.82, 2.24) is 10.2 Å². The third-order valence-electron chi connectivity index (χ3n) is 3.45. The topological polar surface area (TPSA) is 63.1 Å². The second-order valence-corrected chi connectivity index (χ2v) is 5.96. The van der Waals surface area contributed by atoms with Gasteiger partial charge in [-0.25, -0.2) is 5.10 Å². The van der Waals surface area contributed by atoms with Crippen molar-refractivity contribution in [3.63, 3.8) is 0 Å². The summed E-state index contributed by atoms with van der Waals surface area (Å²) in [7, 11) is 0. The summed E-state index contributed by atoms with van der Waals surface area (Å²) in [6.07, 6.45) is 2.96. The third-order valence-corrected chi connectivity index (χ3v) is 3.45. The van der Waals surface area contributed by atoms with Crippen molar-refractivity contribution in [2.24, 2.45) is 0 Å². The Morgan fingerprint density at radius 2 is 1.81 bits per heavy atom. The van der Waals surface area contributed by atoms with E-state index >= 15 is 0 Å². The minimum absolute atomic E-state index is 0. The Hall–Kier alpha value is -2.36. The average molecular weight is 526 g/mol. The first kappa shape index (κ1) is 21.7. The largest absolute Gasteiger partial charge is 0.512 e. The number of hydrogen-bond acceptors (Lipinski definition) is 4. The molecule has 1 radical (unpaired) electrons. The fourth-order valence-electron chi connectivity index (χ4n) is 2.33. The van der Waals surface area contributed by atoms with Crippen molar-refractivity contribution < 1.29 is 30.0 Å². The average Bonchev–Trinajstić information content (AvgIpc) is 2.54. The Morgan fingerprint density at radius 3 is 2.35 bits per heavy atom. The van der Waals surface area contributed by atoms with Crippen LogP contribution < -0.4 is 0 Å². The van der Waals surface area contributed by atoms with Crippen LogP contribution in [0.15, 0.2) is 54.4 Å². The van der Waals surface area contributed by atoms with E-state index in [9.17, 15) is 4.79 Å². The van der Waals surface area contributed by atoms with Gasteiger partial charge in [0.05, 0.1) is 12.0 Å². The van der Waals surface area contributed by atoms with E-state index in [1.54, 1.807) is 6.20 Å². The molecular formula is C21H21IrN2O2-. The number of rotatable bonds is 2. The Morgan fingerprint density at radius 1 is 1.12 bits per heavy atom. The monoisotopic (exact) mass is 526 g/mol. The van der Waals surface area contributed by atoms with E-state index < -0.39 is 0 Å². The minimum Gasteiger partial charge on any atom is -0.512 e. The predicted octanol–water partition coefficient (Wildman–Crippen LogP) is 4.75. The third kappa shape index (κ3) is 6.17. The minimum atomic E-state index is -0.125. The molecule has 0 aliphatic rings. The van der Waals surface area contributed by atoms with Gasteiger partial charge in [0, 0.05) is 31.9 Å². The van der Waals surface area contributed by atoms with Crippen LogP contribution in [0.1, 0.15) is 25.0 Å². The van der Waals surface area contributed by atoms with Crippen LogP contribution in [-0.4, -0.2) is 21.1 Å². The van der Waals surface area contributed by atoms with E-state index in [0.29, 0.717) is 0 Å². The molecule has 1 aromatic heterocycles. The molecule has 0 fully saturated rings. The molecule has 1 N–H and O–H groups in total. The van der Waals surface area contributed by atoms with Crippen molar-refractivity contribution in [1.29, 1.82) is 0 Å². The molecule has 0 aliphatic carbocycles. The van der Waals surface area contributed by atoms with Crippen molar-refractivity contribution in [3.05, 3.63) is 71.6 Å². The van der Waals surface area contributed by atoms with Gasteiger partial charge in [-0.05, 0) is 31.5 Å². The number of ketones is 1. The second kappa shape index (κ2) is 9.95. The summed E-state index contributed by atoms with van der Waals surface area (Å²) < 4.78 is 0. The number of aromatic nitrogens is 2. The maximum absolute atomic E-state index is 10.0. The molecule has 0 amide bonds. The first-order valence-corrected chi connectivity index (χ1v) is 7.95. The first-order chi connectivity index (χ1) is 11.9. The van der Waals surface area contributed by atoms with E-state index in [1.807, 2.05) is 12.1 Å². The molecule has 0 unspecified atom stereocenters. The zero-order valence-electron chi connectivity index (χ0n) is 15.2. The van der Waals surface area contributed by atoms with Crippen molar-refractivity contribution in [2.75, 3.05) is 0 Å². The van der Waals surface area contributed by atoms with Gasteiger partial charge >= 0.3 is 0 Å². The van der Waals surface area contributed by atoms with Gasteiger partial charge in [-0.15, -0.1) is 35.4 Å². The summed E-state index contributed by atoms with van der Waals surface area (Å²) in [5.74, 6) is -0.0625. The molecule has 0 saturated heterocycles. The van der Waals surface area contributed by atoms with Crippen molar-refractivity contribution >= 4 is 16.6 Å². The Kier molecular flexibility index (Phi) is 8.30. The quantitative estimate of drug-likeness (QED) is 0.298. The Balaban J connectivity index is 0.000000366. The molecule has 2 aromatic carbocycles. The molecule has 137 valence electrons. The molecule has 0 saturated carbocycles. The summed E-state index contributed by atoms with van der Waals surface area (Å²) >= 11 is 0. The molecule has 3 aromatic rings. The van der Waals surface area contributed by atoms with Gasteiger partial charge < -0.3 is 5.11 Å². The summed E-state index contributed by atoms with van der Waals surface area (Å²) in [4.78, 5) is 10.0. The maximum atomic E-state index is 10.0. The normalized spacial score (nSPS) is 10.5. The van der Waals surface area contributed by atoms with E-state index in [4.69, 9.17) is 5.11 Å². The van der Waals surface area contributed by atoms with Crippen LogP contribution in [0.25, 0.3) is 22.0 Å². The molecule has 0 atom stereocenters. The number of hydrogen-bond donors (Lipinski definition) is 1. The number of benzene rings is 2. The number of carbonyl (C=O) groups is 1. The van der Waals surface area contributed by atoms with E-state index in [0.717, 1.165) is 22.0 Å². The summed E-state index contributed by atoms with van der Waals surface area (Å²) in [5.41, 5.74) is 4.31. The molecule has 3 rings (SSSR count). The van der Waals surface area contributed by atoms with Gasteiger partial charge in [0.25, 0.3) is 0 Å². The molecule has 0 bridgehead atoms. The number of nitrogens with zero attached hydrogens (tertiary/aromatic N) is 2. The van der Waals surface area contributed by atoms with Crippen LogP contribution in [0.3, 0.4) is 0 Å². The predicted molar refractivity (Wildman–Crippen MR) is 100 cm³/mol. The summed E-state index contributed by atoms with van der Waals surface area (Å²) in [6, 6.07) is 15.7. The molecule has 26 heavy (non-hydrogen) atoms. The molecule has 1 heterocycles. The van der Waals surface area contributed by atoms with Gasteiger partial charge in [0.2, 0.25) is 0 Å². The molecule has 4 nitrogen and oxygen atoms in total. The second-order valence-electron chi connectivity index (χ2n) is 5.96. The first-order valence-electron chi connectivity index (χ1n) is 7.95. The van der Waals surface area contributed by atoms with E-state index in [1.165, 1.54) is 31.1 Å². The standard InChI is InChI=1S/C16H13N2.C5H8O2.Ir/c1-11-3-6-13(7-4-11)16-15-9-12(2)5-8-14(15)10-17-18-16;1-4(6)3-5(2)7;/h3-6,8-10H,1-2H3;3,6H,1-2H3;/q-1;;/b;4-3-;. The van der Waals surface area contributed by atoms with E-state index in [2.05, 4.69) is 54.4 Å². The van der Waals surface area contributed by atoms with Crippen molar-refractivity contribution in [2.45, 2.75) is 27.7 Å². The number of aliphatic hydroxyl groups is 1. The fourth-order valence-corrected chi connectivity index (χ4v) is 2.33. The maximum Gasteiger partial charge on any atom is 0.155 e. The van der Waals surface area contributed by atoms with Gasteiger partial charge in [0.1, 0.15) is 0 Å². The van der Waals surface area contributed by atoms with Gasteiger partial charge in [0.15, 0.2) is 5.78 Å². The SMILES string of the molecule is CC(=O)/C=C(/C)O.Cc1c[c-]c(-c2nncc3ccc(C)cc23)cc1.[Ir]. The van der Waals surface area contributed by atoms with Crippen LogP contribution in [0.2, 0.25) is 0 Å². The number of aryl methyl sites for hydroxylation is 2. The van der Waals surface area contributed by atoms with Crippen LogP contribution in [0.4, 0.5) is 0 Å². The van der Waals surface area contributed by atoms with Gasteiger partial charge in [-0.2, -0.15) is 5.10 Å². The number of fused-ring (bicyclic) bond motifs is 1. The number of allylic oxidation sites excluding steroid dienone is 2. The Labute approximate surface area is 167 Å².